The second-order valence-corrected chi connectivity index (χ2v) is 4.80. The monoisotopic (exact) mass is 287 g/mol. The van der Waals surface area contributed by atoms with E-state index >= 15 is 0 Å². The van der Waals surface area contributed by atoms with Crippen molar-refractivity contribution >= 4 is 0 Å². The van der Waals surface area contributed by atoms with E-state index in [9.17, 15) is 0 Å². The minimum absolute atomic E-state index is 0.0397. The molecule has 4 heteroatoms. The van der Waals surface area contributed by atoms with Crippen molar-refractivity contribution in [2.75, 3.05) is 14.2 Å². The Hall–Kier alpha value is -2.20. The summed E-state index contributed by atoms with van der Waals surface area (Å²) < 4.78 is 16.5. The lowest BCUT2D eigenvalue weighted by Gasteiger charge is -2.14. The topological polar surface area (TPSA) is 53.7 Å². The van der Waals surface area contributed by atoms with E-state index in [0.717, 1.165) is 16.9 Å². The third kappa shape index (κ3) is 3.67. The average molecular weight is 287 g/mol. The van der Waals surface area contributed by atoms with Gasteiger partial charge in [-0.25, -0.2) is 0 Å². The quantitative estimate of drug-likeness (QED) is 0.885. The fourth-order valence-electron chi connectivity index (χ4n) is 2.06. The standard InChI is InChI=1S/C17H21NO3/c1-12(18)13-8-9-16(17(10-13)20-3)21-11-14-6-4-5-7-15(14)19-2/h4-10,12H,11,18H2,1-3H3/t12-/m1/s1. The maximum atomic E-state index is 5.88. The summed E-state index contributed by atoms with van der Waals surface area (Å²) in [7, 11) is 3.27. The van der Waals surface area contributed by atoms with Gasteiger partial charge in [-0.05, 0) is 30.7 Å². The molecule has 0 aliphatic heterocycles. The lowest BCUT2D eigenvalue weighted by molar-refractivity contribution is 0.278. The van der Waals surface area contributed by atoms with Crippen LogP contribution in [0.1, 0.15) is 24.1 Å². The van der Waals surface area contributed by atoms with Gasteiger partial charge in [-0.15, -0.1) is 0 Å². The highest BCUT2D eigenvalue weighted by atomic mass is 16.5. The number of hydrogen-bond donors (Lipinski definition) is 1. The highest BCUT2D eigenvalue weighted by molar-refractivity contribution is 5.44. The third-order valence-corrected chi connectivity index (χ3v) is 3.29. The van der Waals surface area contributed by atoms with Crippen LogP contribution in [0.15, 0.2) is 42.5 Å². The Morgan fingerprint density at radius 3 is 2.33 bits per heavy atom. The van der Waals surface area contributed by atoms with Gasteiger partial charge in [0, 0.05) is 11.6 Å². The second-order valence-electron chi connectivity index (χ2n) is 4.80. The Labute approximate surface area is 125 Å². The Morgan fingerprint density at radius 2 is 1.67 bits per heavy atom. The largest absolute Gasteiger partial charge is 0.496 e. The molecule has 0 fully saturated rings. The molecule has 0 aromatic heterocycles. The molecule has 2 rings (SSSR count). The normalized spacial score (nSPS) is 11.8. The molecule has 1 atom stereocenters. The van der Waals surface area contributed by atoms with Gasteiger partial charge in [-0.1, -0.05) is 24.3 Å². The highest BCUT2D eigenvalue weighted by Gasteiger charge is 2.09. The molecule has 2 N–H and O–H groups in total. The van der Waals surface area contributed by atoms with E-state index < -0.39 is 0 Å². The van der Waals surface area contributed by atoms with Crippen molar-refractivity contribution in [2.45, 2.75) is 19.6 Å². The van der Waals surface area contributed by atoms with Crippen LogP contribution < -0.4 is 19.9 Å². The molecule has 0 bridgehead atoms. The van der Waals surface area contributed by atoms with Gasteiger partial charge < -0.3 is 19.9 Å². The van der Waals surface area contributed by atoms with E-state index in [-0.39, 0.29) is 6.04 Å². The molecule has 0 amide bonds. The van der Waals surface area contributed by atoms with Crippen LogP contribution in [0.3, 0.4) is 0 Å². The van der Waals surface area contributed by atoms with Gasteiger partial charge in [0.05, 0.1) is 14.2 Å². The van der Waals surface area contributed by atoms with Gasteiger partial charge in [-0.2, -0.15) is 0 Å². The lowest BCUT2D eigenvalue weighted by Crippen LogP contribution is -2.06. The zero-order chi connectivity index (χ0) is 15.2. The van der Waals surface area contributed by atoms with Crippen LogP contribution >= 0.6 is 0 Å². The Balaban J connectivity index is 2.16. The Kier molecular flexibility index (Phi) is 5.06. The van der Waals surface area contributed by atoms with Crippen LogP contribution in [-0.4, -0.2) is 14.2 Å². The fourth-order valence-corrected chi connectivity index (χ4v) is 2.06. The minimum atomic E-state index is -0.0397. The maximum Gasteiger partial charge on any atom is 0.161 e. The lowest BCUT2D eigenvalue weighted by atomic mass is 10.1. The second kappa shape index (κ2) is 6.99. The SMILES string of the molecule is COc1ccccc1COc1ccc([C@@H](C)N)cc1OC. The molecule has 0 aliphatic rings. The number of methoxy groups -OCH3 is 2. The highest BCUT2D eigenvalue weighted by Crippen LogP contribution is 2.31. The van der Waals surface area contributed by atoms with Crippen molar-refractivity contribution in [3.8, 4) is 17.2 Å². The third-order valence-electron chi connectivity index (χ3n) is 3.29. The Morgan fingerprint density at radius 1 is 0.952 bits per heavy atom. The smallest absolute Gasteiger partial charge is 0.161 e. The molecule has 0 saturated heterocycles. The zero-order valence-corrected chi connectivity index (χ0v) is 12.6. The number of rotatable bonds is 6. The van der Waals surface area contributed by atoms with Crippen LogP contribution in [0, 0.1) is 0 Å². The molecular formula is C17H21NO3. The van der Waals surface area contributed by atoms with E-state index in [0.29, 0.717) is 18.1 Å². The molecular weight excluding hydrogens is 266 g/mol. The van der Waals surface area contributed by atoms with Crippen molar-refractivity contribution in [1.29, 1.82) is 0 Å². The van der Waals surface area contributed by atoms with Crippen molar-refractivity contribution < 1.29 is 14.2 Å². The summed E-state index contributed by atoms with van der Waals surface area (Å²) in [6, 6.07) is 13.5. The van der Waals surface area contributed by atoms with Crippen LogP contribution in [0.4, 0.5) is 0 Å². The zero-order valence-electron chi connectivity index (χ0n) is 12.6. The summed E-state index contributed by atoms with van der Waals surface area (Å²) >= 11 is 0. The molecule has 2 aromatic rings. The molecule has 0 aliphatic carbocycles. The van der Waals surface area contributed by atoms with Crippen molar-refractivity contribution in [2.24, 2.45) is 5.73 Å². The first-order valence-electron chi connectivity index (χ1n) is 6.84. The molecule has 0 heterocycles. The van der Waals surface area contributed by atoms with E-state index in [1.165, 1.54) is 0 Å². The van der Waals surface area contributed by atoms with E-state index in [2.05, 4.69) is 0 Å². The molecule has 0 spiro atoms. The predicted molar refractivity (Wildman–Crippen MR) is 82.9 cm³/mol. The first-order valence-corrected chi connectivity index (χ1v) is 6.84. The van der Waals surface area contributed by atoms with Crippen molar-refractivity contribution in [1.82, 2.24) is 0 Å². The molecule has 21 heavy (non-hydrogen) atoms. The summed E-state index contributed by atoms with van der Waals surface area (Å²) in [5.74, 6) is 2.18. The number of benzene rings is 2. The average Bonchev–Trinajstić information content (AvgIpc) is 2.52. The van der Waals surface area contributed by atoms with Crippen LogP contribution in [0.25, 0.3) is 0 Å². The van der Waals surface area contributed by atoms with Gasteiger partial charge in [0.25, 0.3) is 0 Å². The fraction of sp³-hybridized carbons (Fsp3) is 0.294. The summed E-state index contributed by atoms with van der Waals surface area (Å²) in [4.78, 5) is 0. The van der Waals surface area contributed by atoms with E-state index in [1.54, 1.807) is 14.2 Å². The summed E-state index contributed by atoms with van der Waals surface area (Å²) in [6.07, 6.45) is 0. The summed E-state index contributed by atoms with van der Waals surface area (Å²) in [6.45, 7) is 2.35. The summed E-state index contributed by atoms with van der Waals surface area (Å²) in [5, 5.41) is 0. The minimum Gasteiger partial charge on any atom is -0.496 e. The number of nitrogens with two attached hydrogens (primary N) is 1. The molecule has 112 valence electrons. The molecule has 4 nitrogen and oxygen atoms in total. The van der Waals surface area contributed by atoms with E-state index in [1.807, 2.05) is 49.4 Å². The van der Waals surface area contributed by atoms with Crippen molar-refractivity contribution in [3.63, 3.8) is 0 Å². The van der Waals surface area contributed by atoms with Gasteiger partial charge in [-0.3, -0.25) is 0 Å². The molecule has 0 saturated carbocycles. The predicted octanol–water partition coefficient (Wildman–Crippen LogP) is 3.30. The number of para-hydroxylation sites is 1. The van der Waals surface area contributed by atoms with E-state index in [4.69, 9.17) is 19.9 Å². The van der Waals surface area contributed by atoms with Gasteiger partial charge in [0.2, 0.25) is 0 Å². The van der Waals surface area contributed by atoms with Gasteiger partial charge >= 0.3 is 0 Å². The first kappa shape index (κ1) is 15.2. The first-order chi connectivity index (χ1) is 10.2. The molecule has 0 radical (unpaired) electrons. The van der Waals surface area contributed by atoms with Gasteiger partial charge in [0.15, 0.2) is 11.5 Å². The Bertz CT molecular complexity index is 596. The van der Waals surface area contributed by atoms with Crippen molar-refractivity contribution in [3.05, 3.63) is 53.6 Å². The summed E-state index contributed by atoms with van der Waals surface area (Å²) in [5.41, 5.74) is 7.87. The molecule has 2 aromatic carbocycles. The number of ether oxygens (including phenoxy) is 3. The molecule has 0 unspecified atom stereocenters. The van der Waals surface area contributed by atoms with Crippen LogP contribution in [-0.2, 0) is 6.61 Å². The van der Waals surface area contributed by atoms with Gasteiger partial charge in [0.1, 0.15) is 12.4 Å². The maximum absolute atomic E-state index is 5.88. The van der Waals surface area contributed by atoms with Crippen LogP contribution in [0.2, 0.25) is 0 Å². The number of hydrogen-bond acceptors (Lipinski definition) is 4. The van der Waals surface area contributed by atoms with Crippen LogP contribution in [0.5, 0.6) is 17.2 Å².